The molecule has 3 N–H and O–H groups in total. The van der Waals surface area contributed by atoms with Crippen LogP contribution in [0, 0.1) is 0 Å². The summed E-state index contributed by atoms with van der Waals surface area (Å²) in [7, 11) is 0. The van der Waals surface area contributed by atoms with Crippen LogP contribution in [0.1, 0.15) is 11.1 Å². The van der Waals surface area contributed by atoms with Crippen LogP contribution < -0.4 is 11.1 Å². The quantitative estimate of drug-likeness (QED) is 0.846. The maximum atomic E-state index is 11.8. The molecule has 1 aromatic carbocycles. The minimum Gasteiger partial charge on any atom is -0.354 e. The third-order valence-corrected chi connectivity index (χ3v) is 3.66. The van der Waals surface area contributed by atoms with Gasteiger partial charge in [-0.3, -0.25) is 4.79 Å². The molecule has 2 aromatic rings. The lowest BCUT2D eigenvalue weighted by molar-refractivity contribution is -0.122. The summed E-state index contributed by atoms with van der Waals surface area (Å²) in [5, 5.41) is 7.01. The van der Waals surface area contributed by atoms with Gasteiger partial charge in [0.1, 0.15) is 0 Å². The molecule has 0 bridgehead atoms. The van der Waals surface area contributed by atoms with E-state index in [1.54, 1.807) is 11.3 Å². The second kappa shape index (κ2) is 7.07. The average Bonchev–Trinajstić information content (AvgIpc) is 2.93. The Balaban J connectivity index is 1.73. The second-order valence-electron chi connectivity index (χ2n) is 4.47. The highest BCUT2D eigenvalue weighted by molar-refractivity contribution is 7.07. The van der Waals surface area contributed by atoms with Crippen molar-refractivity contribution in [3.05, 3.63) is 58.3 Å². The topological polar surface area (TPSA) is 55.1 Å². The molecule has 19 heavy (non-hydrogen) atoms. The zero-order valence-electron chi connectivity index (χ0n) is 10.7. The third-order valence-electron chi connectivity index (χ3n) is 2.93. The molecule has 0 radical (unpaired) electrons. The Hall–Kier alpha value is -1.65. The Kier molecular flexibility index (Phi) is 5.12. The molecular formula is C15H18N2OS. The van der Waals surface area contributed by atoms with E-state index in [1.165, 1.54) is 5.56 Å². The van der Waals surface area contributed by atoms with E-state index >= 15 is 0 Å². The standard InChI is InChI=1S/C15H18N2OS/c16-14(10-12-4-2-1-3-5-12)15(18)17-8-6-13-7-9-19-11-13/h1-5,7,9,11,14H,6,8,10,16H2,(H,17,18)/t14-/m0/s1. The number of carbonyl (C=O) groups excluding carboxylic acids is 1. The lowest BCUT2D eigenvalue weighted by Crippen LogP contribution is -2.42. The van der Waals surface area contributed by atoms with Crippen molar-refractivity contribution in [1.82, 2.24) is 5.32 Å². The van der Waals surface area contributed by atoms with Crippen molar-refractivity contribution in [2.24, 2.45) is 5.73 Å². The van der Waals surface area contributed by atoms with Gasteiger partial charge in [0.2, 0.25) is 5.91 Å². The van der Waals surface area contributed by atoms with Gasteiger partial charge in [-0.25, -0.2) is 0 Å². The van der Waals surface area contributed by atoms with E-state index in [4.69, 9.17) is 5.73 Å². The molecule has 1 aromatic heterocycles. The number of thiophene rings is 1. The van der Waals surface area contributed by atoms with Gasteiger partial charge in [0.25, 0.3) is 0 Å². The van der Waals surface area contributed by atoms with Gasteiger partial charge in [-0.15, -0.1) is 0 Å². The van der Waals surface area contributed by atoms with Crippen LogP contribution in [0.2, 0.25) is 0 Å². The summed E-state index contributed by atoms with van der Waals surface area (Å²) in [5.41, 5.74) is 8.24. The highest BCUT2D eigenvalue weighted by Crippen LogP contribution is 2.06. The fourth-order valence-electron chi connectivity index (χ4n) is 1.86. The third kappa shape index (κ3) is 4.50. The molecule has 0 aliphatic carbocycles. The molecule has 100 valence electrons. The number of carbonyl (C=O) groups is 1. The number of rotatable bonds is 6. The van der Waals surface area contributed by atoms with Crippen molar-refractivity contribution in [1.29, 1.82) is 0 Å². The predicted molar refractivity (Wildman–Crippen MR) is 79.2 cm³/mol. The van der Waals surface area contributed by atoms with Gasteiger partial charge in [-0.2, -0.15) is 11.3 Å². The van der Waals surface area contributed by atoms with Gasteiger partial charge in [-0.1, -0.05) is 30.3 Å². The number of amides is 1. The Morgan fingerprint density at radius 1 is 1.21 bits per heavy atom. The molecule has 0 saturated carbocycles. The molecule has 4 heteroatoms. The Bertz CT molecular complexity index is 496. The maximum Gasteiger partial charge on any atom is 0.237 e. The summed E-state index contributed by atoms with van der Waals surface area (Å²) in [6.07, 6.45) is 1.43. The number of hydrogen-bond acceptors (Lipinski definition) is 3. The summed E-state index contributed by atoms with van der Waals surface area (Å²) in [6.45, 7) is 0.637. The smallest absolute Gasteiger partial charge is 0.237 e. The van der Waals surface area contributed by atoms with Crippen LogP contribution in [0.25, 0.3) is 0 Å². The van der Waals surface area contributed by atoms with E-state index in [0.717, 1.165) is 12.0 Å². The zero-order chi connectivity index (χ0) is 13.5. The fraction of sp³-hybridized carbons (Fsp3) is 0.267. The molecule has 0 aliphatic heterocycles. The molecule has 1 amide bonds. The van der Waals surface area contributed by atoms with E-state index in [9.17, 15) is 4.79 Å². The first-order valence-electron chi connectivity index (χ1n) is 6.34. The van der Waals surface area contributed by atoms with E-state index in [2.05, 4.69) is 16.8 Å². The van der Waals surface area contributed by atoms with Gasteiger partial charge < -0.3 is 11.1 Å². The minimum absolute atomic E-state index is 0.0842. The summed E-state index contributed by atoms with van der Waals surface area (Å²) in [5.74, 6) is -0.0842. The number of nitrogens with two attached hydrogens (primary N) is 1. The first-order valence-corrected chi connectivity index (χ1v) is 7.28. The van der Waals surface area contributed by atoms with E-state index in [0.29, 0.717) is 13.0 Å². The molecule has 0 fully saturated rings. The van der Waals surface area contributed by atoms with Gasteiger partial charge in [0, 0.05) is 6.54 Å². The van der Waals surface area contributed by atoms with Crippen molar-refractivity contribution in [2.75, 3.05) is 6.54 Å². The van der Waals surface area contributed by atoms with Crippen molar-refractivity contribution in [3.63, 3.8) is 0 Å². The van der Waals surface area contributed by atoms with Crippen molar-refractivity contribution in [2.45, 2.75) is 18.9 Å². The largest absolute Gasteiger partial charge is 0.354 e. The van der Waals surface area contributed by atoms with Crippen molar-refractivity contribution in [3.8, 4) is 0 Å². The van der Waals surface area contributed by atoms with Crippen molar-refractivity contribution >= 4 is 17.2 Å². The molecule has 0 unspecified atom stereocenters. The summed E-state index contributed by atoms with van der Waals surface area (Å²) < 4.78 is 0. The molecule has 3 nitrogen and oxygen atoms in total. The minimum atomic E-state index is -0.482. The first kappa shape index (κ1) is 13.8. The zero-order valence-corrected chi connectivity index (χ0v) is 11.5. The van der Waals surface area contributed by atoms with Crippen LogP contribution >= 0.6 is 11.3 Å². The molecule has 1 atom stereocenters. The maximum absolute atomic E-state index is 11.8. The highest BCUT2D eigenvalue weighted by Gasteiger charge is 2.13. The SMILES string of the molecule is N[C@@H](Cc1ccccc1)C(=O)NCCc1ccsc1. The molecule has 0 spiro atoms. The van der Waals surface area contributed by atoms with Crippen LogP contribution in [-0.4, -0.2) is 18.5 Å². The predicted octanol–water partition coefficient (Wildman–Crippen LogP) is 1.98. The molecular weight excluding hydrogens is 256 g/mol. The fourth-order valence-corrected chi connectivity index (χ4v) is 2.56. The number of benzene rings is 1. The van der Waals surface area contributed by atoms with Crippen molar-refractivity contribution < 1.29 is 4.79 Å². The summed E-state index contributed by atoms with van der Waals surface area (Å²) in [6, 6.07) is 11.4. The van der Waals surface area contributed by atoms with Gasteiger partial charge in [0.15, 0.2) is 0 Å². The summed E-state index contributed by atoms with van der Waals surface area (Å²) >= 11 is 1.67. The van der Waals surface area contributed by atoms with Gasteiger partial charge in [-0.05, 0) is 40.8 Å². The molecule has 2 rings (SSSR count). The molecule has 0 aliphatic rings. The summed E-state index contributed by atoms with van der Waals surface area (Å²) in [4.78, 5) is 11.8. The van der Waals surface area contributed by atoms with Gasteiger partial charge in [0.05, 0.1) is 6.04 Å². The number of hydrogen-bond donors (Lipinski definition) is 2. The molecule has 1 heterocycles. The van der Waals surface area contributed by atoms with E-state index in [-0.39, 0.29) is 5.91 Å². The lowest BCUT2D eigenvalue weighted by Gasteiger charge is -2.12. The Labute approximate surface area is 117 Å². The highest BCUT2D eigenvalue weighted by atomic mass is 32.1. The van der Waals surface area contributed by atoms with Crippen LogP contribution in [-0.2, 0) is 17.6 Å². The van der Waals surface area contributed by atoms with Crippen LogP contribution in [0.3, 0.4) is 0 Å². The van der Waals surface area contributed by atoms with E-state index in [1.807, 2.05) is 35.7 Å². The van der Waals surface area contributed by atoms with Crippen LogP contribution in [0.5, 0.6) is 0 Å². The Morgan fingerprint density at radius 2 is 2.00 bits per heavy atom. The van der Waals surface area contributed by atoms with Gasteiger partial charge >= 0.3 is 0 Å². The van der Waals surface area contributed by atoms with Crippen LogP contribution in [0.4, 0.5) is 0 Å². The lowest BCUT2D eigenvalue weighted by atomic mass is 10.1. The Morgan fingerprint density at radius 3 is 2.68 bits per heavy atom. The first-order chi connectivity index (χ1) is 9.25. The van der Waals surface area contributed by atoms with E-state index < -0.39 is 6.04 Å². The van der Waals surface area contributed by atoms with Crippen LogP contribution in [0.15, 0.2) is 47.2 Å². The second-order valence-corrected chi connectivity index (χ2v) is 5.25. The normalized spacial score (nSPS) is 12.1. The monoisotopic (exact) mass is 274 g/mol. The average molecular weight is 274 g/mol. The molecule has 0 saturated heterocycles. The number of nitrogens with one attached hydrogen (secondary N) is 1.